The van der Waals surface area contributed by atoms with Crippen LogP contribution in [0.3, 0.4) is 0 Å². The Morgan fingerprint density at radius 1 is 1.11 bits per heavy atom. The highest BCUT2D eigenvalue weighted by Gasteiger charge is 2.19. The molecule has 0 aromatic heterocycles. The van der Waals surface area contributed by atoms with Crippen molar-refractivity contribution in [2.75, 3.05) is 22.9 Å². The van der Waals surface area contributed by atoms with E-state index in [1.54, 1.807) is 24.3 Å². The zero-order valence-electron chi connectivity index (χ0n) is 16.3. The number of benzene rings is 2. The summed E-state index contributed by atoms with van der Waals surface area (Å²) < 4.78 is 30.2. The number of ether oxygens (including phenoxy) is 1. The number of nitrogens with one attached hydrogen (secondary N) is 1. The maximum Gasteiger partial charge on any atom is 0.265 e. The molecule has 1 amide bonds. The molecule has 0 aliphatic heterocycles. The molecule has 0 aliphatic rings. The third-order valence-corrected chi connectivity index (χ3v) is 5.62. The molecule has 1 N–H and O–H groups in total. The van der Waals surface area contributed by atoms with E-state index in [2.05, 4.69) is 5.32 Å². The van der Waals surface area contributed by atoms with E-state index >= 15 is 0 Å². The van der Waals surface area contributed by atoms with Gasteiger partial charge in [-0.25, -0.2) is 8.42 Å². The number of aryl methyl sites for hydroxylation is 2. The first-order valence-electron chi connectivity index (χ1n) is 8.70. The number of hydrogen-bond acceptors (Lipinski definition) is 4. The van der Waals surface area contributed by atoms with Gasteiger partial charge in [0.15, 0.2) is 6.10 Å². The van der Waals surface area contributed by atoms with Crippen molar-refractivity contribution in [1.82, 2.24) is 0 Å². The number of carbonyl (C=O) groups is 1. The molecule has 0 spiro atoms. The van der Waals surface area contributed by atoms with Crippen LogP contribution in [0.4, 0.5) is 11.4 Å². The third kappa shape index (κ3) is 5.47. The van der Waals surface area contributed by atoms with Crippen molar-refractivity contribution in [2.45, 2.75) is 33.3 Å². The molecule has 0 bridgehead atoms. The zero-order valence-corrected chi connectivity index (χ0v) is 17.1. The van der Waals surface area contributed by atoms with Gasteiger partial charge in [0.05, 0.1) is 11.9 Å². The average molecular weight is 391 g/mol. The smallest absolute Gasteiger partial charge is 0.265 e. The van der Waals surface area contributed by atoms with Crippen LogP contribution in [0.5, 0.6) is 5.75 Å². The molecule has 0 radical (unpaired) electrons. The highest BCUT2D eigenvalue weighted by molar-refractivity contribution is 7.92. The molecule has 0 saturated carbocycles. The van der Waals surface area contributed by atoms with E-state index in [0.29, 0.717) is 17.9 Å². The van der Waals surface area contributed by atoms with E-state index in [4.69, 9.17) is 4.74 Å². The second-order valence-corrected chi connectivity index (χ2v) is 8.54. The number of sulfonamides is 1. The first-order chi connectivity index (χ1) is 12.6. The van der Waals surface area contributed by atoms with Gasteiger partial charge in [-0.15, -0.1) is 0 Å². The maximum absolute atomic E-state index is 12.5. The van der Waals surface area contributed by atoms with E-state index in [9.17, 15) is 13.2 Å². The fraction of sp³-hybridized carbons (Fsp3) is 0.350. The second-order valence-electron chi connectivity index (χ2n) is 6.53. The Hall–Kier alpha value is -2.54. The molecule has 6 nitrogen and oxygen atoms in total. The average Bonchev–Trinajstić information content (AvgIpc) is 2.61. The summed E-state index contributed by atoms with van der Waals surface area (Å²) in [6, 6.07) is 12.4. The third-order valence-electron chi connectivity index (χ3n) is 4.41. The summed E-state index contributed by atoms with van der Waals surface area (Å²) in [5, 5.41) is 2.88. The van der Waals surface area contributed by atoms with Crippen LogP contribution in [0, 0.1) is 13.8 Å². The minimum Gasteiger partial charge on any atom is -0.481 e. The number of amides is 1. The van der Waals surface area contributed by atoms with Gasteiger partial charge >= 0.3 is 0 Å². The summed E-state index contributed by atoms with van der Waals surface area (Å²) >= 11 is 0. The number of anilines is 2. The molecule has 0 fully saturated rings. The Balaban J connectivity index is 2.07. The summed E-state index contributed by atoms with van der Waals surface area (Å²) in [5.74, 6) is 0.279. The minimum atomic E-state index is -3.32. The van der Waals surface area contributed by atoms with Crippen molar-refractivity contribution in [3.63, 3.8) is 0 Å². The molecule has 0 unspecified atom stereocenters. The van der Waals surface area contributed by atoms with Gasteiger partial charge in [0.1, 0.15) is 5.75 Å². The van der Waals surface area contributed by atoms with E-state index in [1.165, 1.54) is 11.4 Å². The van der Waals surface area contributed by atoms with Crippen molar-refractivity contribution in [2.24, 2.45) is 0 Å². The summed E-state index contributed by atoms with van der Waals surface area (Å²) in [6.07, 6.45) is 0.994. The summed E-state index contributed by atoms with van der Waals surface area (Å²) in [4.78, 5) is 12.5. The Bertz CT molecular complexity index is 908. The highest BCUT2D eigenvalue weighted by atomic mass is 32.2. The largest absolute Gasteiger partial charge is 0.481 e. The van der Waals surface area contributed by atoms with E-state index in [-0.39, 0.29) is 5.91 Å². The van der Waals surface area contributed by atoms with Crippen LogP contribution in [0.1, 0.15) is 24.5 Å². The molecule has 146 valence electrons. The first-order valence-corrected chi connectivity index (χ1v) is 10.6. The van der Waals surface area contributed by atoms with Crippen LogP contribution in [0.2, 0.25) is 0 Å². The van der Waals surface area contributed by atoms with E-state index < -0.39 is 16.1 Å². The van der Waals surface area contributed by atoms with Gasteiger partial charge in [0.25, 0.3) is 5.91 Å². The van der Waals surface area contributed by atoms with Gasteiger partial charge in [-0.2, -0.15) is 0 Å². The van der Waals surface area contributed by atoms with Crippen molar-refractivity contribution in [1.29, 1.82) is 0 Å². The molecule has 2 aromatic carbocycles. The lowest BCUT2D eigenvalue weighted by molar-refractivity contribution is -0.122. The molecule has 0 heterocycles. The van der Waals surface area contributed by atoms with Crippen molar-refractivity contribution < 1.29 is 17.9 Å². The topological polar surface area (TPSA) is 75.7 Å². The Morgan fingerprint density at radius 2 is 1.74 bits per heavy atom. The Labute approximate surface area is 161 Å². The van der Waals surface area contributed by atoms with Crippen molar-refractivity contribution in [3.05, 3.63) is 53.6 Å². The molecule has 1 atom stereocenters. The molecular formula is C20H26N2O4S. The van der Waals surface area contributed by atoms with Crippen LogP contribution in [0.15, 0.2) is 42.5 Å². The van der Waals surface area contributed by atoms with Gasteiger partial charge in [-0.05, 0) is 67.8 Å². The molecule has 7 heteroatoms. The summed E-state index contributed by atoms with van der Waals surface area (Å²) in [5.41, 5.74) is 3.52. The summed E-state index contributed by atoms with van der Waals surface area (Å²) in [7, 11) is -1.84. The predicted octanol–water partition coefficient (Wildman–Crippen LogP) is 3.50. The number of nitrogens with zero attached hydrogens (tertiary/aromatic N) is 1. The van der Waals surface area contributed by atoms with Gasteiger partial charge < -0.3 is 10.1 Å². The van der Waals surface area contributed by atoms with Crippen molar-refractivity contribution >= 4 is 27.3 Å². The van der Waals surface area contributed by atoms with Crippen LogP contribution < -0.4 is 14.4 Å². The first kappa shape index (κ1) is 20.8. The Kier molecular flexibility index (Phi) is 6.49. The molecule has 27 heavy (non-hydrogen) atoms. The van der Waals surface area contributed by atoms with Gasteiger partial charge in [-0.1, -0.05) is 13.0 Å². The van der Waals surface area contributed by atoms with Gasteiger partial charge in [-0.3, -0.25) is 9.10 Å². The molecule has 2 rings (SSSR count). The molecular weight excluding hydrogens is 364 g/mol. The quantitative estimate of drug-likeness (QED) is 0.785. The fourth-order valence-corrected chi connectivity index (χ4v) is 2.96. The summed E-state index contributed by atoms with van der Waals surface area (Å²) in [6.45, 7) is 5.88. The highest BCUT2D eigenvalue weighted by Crippen LogP contribution is 2.22. The minimum absolute atomic E-state index is 0.224. The number of carbonyl (C=O) groups excluding carboxylic acids is 1. The Morgan fingerprint density at radius 3 is 2.26 bits per heavy atom. The van der Waals surface area contributed by atoms with Crippen LogP contribution in [0.25, 0.3) is 0 Å². The number of hydrogen-bond donors (Lipinski definition) is 1. The predicted molar refractivity (Wildman–Crippen MR) is 109 cm³/mol. The zero-order chi connectivity index (χ0) is 20.2. The van der Waals surface area contributed by atoms with Crippen LogP contribution in [-0.2, 0) is 14.8 Å². The molecule has 2 aromatic rings. The van der Waals surface area contributed by atoms with E-state index in [1.807, 2.05) is 39.0 Å². The SMILES string of the molecule is CC[C@H](Oc1ccc(N(C)S(C)(=O)=O)cc1)C(=O)Nc1ccc(C)c(C)c1. The lowest BCUT2D eigenvalue weighted by atomic mass is 10.1. The second kappa shape index (κ2) is 8.43. The monoisotopic (exact) mass is 390 g/mol. The fourth-order valence-electron chi connectivity index (χ4n) is 2.45. The molecule has 0 saturated heterocycles. The lowest BCUT2D eigenvalue weighted by Crippen LogP contribution is -2.32. The van der Waals surface area contributed by atoms with Crippen molar-refractivity contribution in [3.8, 4) is 5.75 Å². The van der Waals surface area contributed by atoms with Crippen LogP contribution >= 0.6 is 0 Å². The number of rotatable bonds is 7. The van der Waals surface area contributed by atoms with Gasteiger partial charge in [0, 0.05) is 12.7 Å². The van der Waals surface area contributed by atoms with E-state index in [0.717, 1.165) is 23.1 Å². The van der Waals surface area contributed by atoms with Crippen LogP contribution in [-0.4, -0.2) is 33.7 Å². The maximum atomic E-state index is 12.5. The normalized spacial score (nSPS) is 12.3. The molecule has 0 aliphatic carbocycles. The standard InChI is InChI=1S/C20H26N2O4S/c1-6-19(20(23)21-16-8-7-14(2)15(3)13-16)26-18-11-9-17(10-12-18)22(4)27(5,24)25/h7-13,19H,6H2,1-5H3,(H,21,23)/t19-/m0/s1. The lowest BCUT2D eigenvalue weighted by Gasteiger charge is -2.19. The van der Waals surface area contributed by atoms with Gasteiger partial charge in [0.2, 0.25) is 10.0 Å².